The molecule has 0 aliphatic carbocycles. The molecule has 0 bridgehead atoms. The zero-order valence-electron chi connectivity index (χ0n) is 8.50. The Morgan fingerprint density at radius 2 is 2.33 bits per heavy atom. The highest BCUT2D eigenvalue weighted by molar-refractivity contribution is 6.30. The molecule has 0 unspecified atom stereocenters. The van der Waals surface area contributed by atoms with Gasteiger partial charge >= 0.3 is 0 Å². The van der Waals surface area contributed by atoms with Gasteiger partial charge in [0.2, 0.25) is 0 Å². The van der Waals surface area contributed by atoms with Crippen LogP contribution in [0.25, 0.3) is 0 Å². The molecule has 0 fully saturated rings. The number of benzene rings is 1. The fourth-order valence-electron chi connectivity index (χ4n) is 1.23. The Morgan fingerprint density at radius 1 is 1.60 bits per heavy atom. The van der Waals surface area contributed by atoms with Gasteiger partial charge in [-0.3, -0.25) is 0 Å². The van der Waals surface area contributed by atoms with Gasteiger partial charge in [0.1, 0.15) is 6.07 Å². The number of nitriles is 1. The van der Waals surface area contributed by atoms with Crippen molar-refractivity contribution in [2.75, 3.05) is 11.9 Å². The van der Waals surface area contributed by atoms with Crippen molar-refractivity contribution in [3.63, 3.8) is 0 Å². The molecule has 0 amide bonds. The molecular formula is C11H13ClN2O. The largest absolute Gasteiger partial charge is 0.394 e. The van der Waals surface area contributed by atoms with Crippen LogP contribution in [0.5, 0.6) is 0 Å². The Kier molecular flexibility index (Phi) is 4.41. The minimum Gasteiger partial charge on any atom is -0.394 e. The van der Waals surface area contributed by atoms with E-state index in [9.17, 15) is 0 Å². The monoisotopic (exact) mass is 224 g/mol. The number of hydrogen-bond acceptors (Lipinski definition) is 3. The summed E-state index contributed by atoms with van der Waals surface area (Å²) in [5.74, 6) is 0. The lowest BCUT2D eigenvalue weighted by Gasteiger charge is -2.16. The van der Waals surface area contributed by atoms with Gasteiger partial charge < -0.3 is 10.4 Å². The second-order valence-electron chi connectivity index (χ2n) is 3.23. The average molecular weight is 225 g/mol. The highest BCUT2D eigenvalue weighted by Crippen LogP contribution is 2.20. The number of hydrogen-bond donors (Lipinski definition) is 2. The first-order chi connectivity index (χ1) is 7.21. The third-order valence-corrected chi connectivity index (χ3v) is 2.41. The molecule has 2 N–H and O–H groups in total. The van der Waals surface area contributed by atoms with Crippen LogP contribution in [0.1, 0.15) is 18.9 Å². The molecule has 0 aliphatic heterocycles. The molecule has 1 aromatic rings. The summed E-state index contributed by atoms with van der Waals surface area (Å²) in [6.45, 7) is 2.01. The summed E-state index contributed by atoms with van der Waals surface area (Å²) in [6.07, 6.45) is 0.796. The minimum absolute atomic E-state index is 0.0294. The van der Waals surface area contributed by atoms with Gasteiger partial charge in [-0.1, -0.05) is 18.5 Å². The summed E-state index contributed by atoms with van der Waals surface area (Å²) < 4.78 is 0. The molecule has 3 nitrogen and oxygen atoms in total. The summed E-state index contributed by atoms with van der Waals surface area (Å²) in [7, 11) is 0. The van der Waals surface area contributed by atoms with Crippen LogP contribution in [-0.2, 0) is 0 Å². The summed E-state index contributed by atoms with van der Waals surface area (Å²) in [4.78, 5) is 0. The number of halogens is 1. The van der Waals surface area contributed by atoms with Gasteiger partial charge in [-0.25, -0.2) is 0 Å². The first-order valence-electron chi connectivity index (χ1n) is 4.78. The third kappa shape index (κ3) is 3.12. The van der Waals surface area contributed by atoms with E-state index in [2.05, 4.69) is 11.4 Å². The molecule has 0 saturated heterocycles. The van der Waals surface area contributed by atoms with Crippen LogP contribution in [0.3, 0.4) is 0 Å². The fraction of sp³-hybridized carbons (Fsp3) is 0.364. The summed E-state index contributed by atoms with van der Waals surface area (Å²) in [5, 5.41) is 21.6. The predicted octanol–water partition coefficient (Wildman–Crippen LogP) is 2.39. The van der Waals surface area contributed by atoms with Crippen molar-refractivity contribution in [3.05, 3.63) is 28.8 Å². The van der Waals surface area contributed by atoms with E-state index >= 15 is 0 Å². The Bertz CT molecular complexity index is 369. The van der Waals surface area contributed by atoms with Gasteiger partial charge in [-0.15, -0.1) is 0 Å². The molecule has 0 heterocycles. The van der Waals surface area contributed by atoms with Crippen molar-refractivity contribution >= 4 is 17.3 Å². The van der Waals surface area contributed by atoms with Gasteiger partial charge in [0.15, 0.2) is 0 Å². The number of anilines is 1. The van der Waals surface area contributed by atoms with Crippen LogP contribution in [0, 0.1) is 11.3 Å². The number of nitrogens with zero attached hydrogens (tertiary/aromatic N) is 1. The van der Waals surface area contributed by atoms with E-state index in [1.54, 1.807) is 18.2 Å². The van der Waals surface area contributed by atoms with Crippen LogP contribution < -0.4 is 5.32 Å². The Balaban J connectivity index is 2.90. The third-order valence-electron chi connectivity index (χ3n) is 2.17. The van der Waals surface area contributed by atoms with Crippen molar-refractivity contribution in [2.45, 2.75) is 19.4 Å². The maximum atomic E-state index is 9.03. The second kappa shape index (κ2) is 5.59. The first-order valence-corrected chi connectivity index (χ1v) is 5.16. The molecule has 0 saturated carbocycles. The van der Waals surface area contributed by atoms with E-state index in [1.807, 2.05) is 6.92 Å². The maximum Gasteiger partial charge on any atom is 0.101 e. The molecule has 15 heavy (non-hydrogen) atoms. The maximum absolute atomic E-state index is 9.03. The normalized spacial score (nSPS) is 11.9. The highest BCUT2D eigenvalue weighted by atomic mass is 35.5. The van der Waals surface area contributed by atoms with Crippen LogP contribution in [-0.4, -0.2) is 17.8 Å². The molecule has 80 valence electrons. The lowest BCUT2D eigenvalue weighted by atomic mass is 10.1. The van der Waals surface area contributed by atoms with E-state index in [0.717, 1.165) is 6.42 Å². The van der Waals surface area contributed by atoms with Crippen molar-refractivity contribution < 1.29 is 5.11 Å². The van der Waals surface area contributed by atoms with Gasteiger partial charge in [-0.05, 0) is 24.6 Å². The zero-order chi connectivity index (χ0) is 11.3. The Hall–Kier alpha value is -1.24. The summed E-state index contributed by atoms with van der Waals surface area (Å²) in [5.41, 5.74) is 1.21. The number of nitrogens with one attached hydrogen (secondary N) is 1. The SMILES string of the molecule is CC[C@@H](CO)Nc1ccc(Cl)cc1C#N. The zero-order valence-corrected chi connectivity index (χ0v) is 9.25. The van der Waals surface area contributed by atoms with E-state index in [4.69, 9.17) is 22.0 Å². The van der Waals surface area contributed by atoms with E-state index in [-0.39, 0.29) is 12.6 Å². The smallest absolute Gasteiger partial charge is 0.101 e. The minimum atomic E-state index is -0.0294. The lowest BCUT2D eigenvalue weighted by molar-refractivity contribution is 0.272. The summed E-state index contributed by atoms with van der Waals surface area (Å²) in [6, 6.07) is 7.10. The molecular weight excluding hydrogens is 212 g/mol. The second-order valence-corrected chi connectivity index (χ2v) is 3.67. The quantitative estimate of drug-likeness (QED) is 0.826. The number of aliphatic hydroxyl groups excluding tert-OH is 1. The topological polar surface area (TPSA) is 56.0 Å². The molecule has 0 spiro atoms. The van der Waals surface area contributed by atoms with Gasteiger partial charge in [0.25, 0.3) is 0 Å². The van der Waals surface area contributed by atoms with Gasteiger partial charge in [0.05, 0.1) is 17.9 Å². The molecule has 0 aromatic heterocycles. The molecule has 1 atom stereocenters. The highest BCUT2D eigenvalue weighted by Gasteiger charge is 2.08. The van der Waals surface area contributed by atoms with E-state index < -0.39 is 0 Å². The number of rotatable bonds is 4. The van der Waals surface area contributed by atoms with E-state index in [1.165, 1.54) is 0 Å². The van der Waals surface area contributed by atoms with Crippen LogP contribution >= 0.6 is 11.6 Å². The van der Waals surface area contributed by atoms with Gasteiger partial charge in [-0.2, -0.15) is 5.26 Å². The van der Waals surface area contributed by atoms with Gasteiger partial charge in [0, 0.05) is 11.1 Å². The van der Waals surface area contributed by atoms with Crippen molar-refractivity contribution in [1.29, 1.82) is 5.26 Å². The summed E-state index contributed by atoms with van der Waals surface area (Å²) >= 11 is 5.77. The van der Waals surface area contributed by atoms with Crippen molar-refractivity contribution in [2.24, 2.45) is 0 Å². The Labute approximate surface area is 94.3 Å². The van der Waals surface area contributed by atoms with Crippen LogP contribution in [0.2, 0.25) is 5.02 Å². The lowest BCUT2D eigenvalue weighted by Crippen LogP contribution is -2.23. The van der Waals surface area contributed by atoms with Crippen molar-refractivity contribution in [3.8, 4) is 6.07 Å². The van der Waals surface area contributed by atoms with Crippen molar-refractivity contribution in [1.82, 2.24) is 0 Å². The van der Waals surface area contributed by atoms with E-state index in [0.29, 0.717) is 16.3 Å². The van der Waals surface area contributed by atoms with Crippen LogP contribution in [0.15, 0.2) is 18.2 Å². The predicted molar refractivity (Wildman–Crippen MR) is 61.0 cm³/mol. The first kappa shape index (κ1) is 11.8. The average Bonchev–Trinajstić information content (AvgIpc) is 2.27. The molecule has 1 rings (SSSR count). The molecule has 0 radical (unpaired) electrons. The molecule has 1 aromatic carbocycles. The molecule has 0 aliphatic rings. The fourth-order valence-corrected chi connectivity index (χ4v) is 1.40. The Morgan fingerprint density at radius 3 is 2.87 bits per heavy atom. The molecule has 4 heteroatoms. The number of aliphatic hydroxyl groups is 1. The van der Waals surface area contributed by atoms with Crippen LogP contribution in [0.4, 0.5) is 5.69 Å². The standard InChI is InChI=1S/C11H13ClN2O/c1-2-10(7-15)14-11-4-3-9(12)5-8(11)6-13/h3-5,10,14-15H,2,7H2,1H3/t10-/m0/s1.